The molecule has 2 amide bonds. The van der Waals surface area contributed by atoms with Crippen LogP contribution in [-0.4, -0.2) is 61.3 Å². The van der Waals surface area contributed by atoms with Crippen LogP contribution in [0.3, 0.4) is 0 Å². The van der Waals surface area contributed by atoms with Crippen LogP contribution in [0.25, 0.3) is 16.8 Å². The average Bonchev–Trinajstić information content (AvgIpc) is 3.33. The van der Waals surface area contributed by atoms with Crippen molar-refractivity contribution >= 4 is 22.8 Å². The largest absolute Gasteiger partial charge is 0.405 e. The molecule has 4 rings (SSSR count). The molecule has 0 bridgehead atoms. The molecule has 3 aromatic heterocycles. The molecule has 3 aromatic rings. The Morgan fingerprint density at radius 2 is 2.19 bits per heavy atom. The van der Waals surface area contributed by atoms with Crippen LogP contribution in [-0.2, 0) is 0 Å². The van der Waals surface area contributed by atoms with Gasteiger partial charge in [-0.05, 0) is 12.0 Å². The van der Waals surface area contributed by atoms with Crippen LogP contribution in [0.2, 0.25) is 0 Å². The summed E-state index contributed by atoms with van der Waals surface area (Å²) in [5, 5.41) is 10.4. The highest BCUT2D eigenvalue weighted by molar-refractivity contribution is 5.75. The third-order valence-corrected chi connectivity index (χ3v) is 4.99. The molecule has 4 heterocycles. The third kappa shape index (κ3) is 3.17. The lowest BCUT2D eigenvalue weighted by Gasteiger charge is -2.18. The zero-order valence-corrected chi connectivity index (χ0v) is 14.5. The second-order valence-electron chi connectivity index (χ2n) is 6.68. The quantitative estimate of drug-likeness (QED) is 0.728. The minimum atomic E-state index is -4.44. The van der Waals surface area contributed by atoms with Gasteiger partial charge in [-0.2, -0.15) is 13.2 Å². The van der Waals surface area contributed by atoms with Crippen molar-refractivity contribution in [3.05, 3.63) is 24.3 Å². The van der Waals surface area contributed by atoms with Crippen molar-refractivity contribution in [2.45, 2.75) is 25.4 Å². The van der Waals surface area contributed by atoms with E-state index in [-0.39, 0.29) is 18.4 Å². The van der Waals surface area contributed by atoms with E-state index in [9.17, 15) is 18.0 Å². The molecule has 0 aliphatic carbocycles. The van der Waals surface area contributed by atoms with Crippen molar-refractivity contribution in [3.63, 3.8) is 0 Å². The maximum atomic E-state index is 12.4. The van der Waals surface area contributed by atoms with Gasteiger partial charge in [-0.25, -0.2) is 9.78 Å². The minimum absolute atomic E-state index is 0.0798. The van der Waals surface area contributed by atoms with E-state index >= 15 is 0 Å². The maximum Gasteiger partial charge on any atom is 0.405 e. The summed E-state index contributed by atoms with van der Waals surface area (Å²) in [6.45, 7) is 1.32. The first-order valence-corrected chi connectivity index (χ1v) is 8.64. The van der Waals surface area contributed by atoms with E-state index in [4.69, 9.17) is 0 Å². The van der Waals surface area contributed by atoms with Gasteiger partial charge in [0.2, 0.25) is 0 Å². The number of aromatic amines is 1. The number of fused-ring (bicyclic) bond motifs is 3. The first-order valence-electron chi connectivity index (χ1n) is 8.64. The van der Waals surface area contributed by atoms with E-state index < -0.39 is 18.8 Å². The molecule has 144 valence electrons. The van der Waals surface area contributed by atoms with Crippen LogP contribution in [0, 0.1) is 5.92 Å². The Labute approximate surface area is 151 Å². The molecule has 2 N–H and O–H groups in total. The number of carbonyl (C=O) groups is 1. The first kappa shape index (κ1) is 17.6. The molecule has 0 spiro atoms. The molecule has 2 unspecified atom stereocenters. The average molecular weight is 381 g/mol. The normalized spacial score (nSPS) is 20.7. The summed E-state index contributed by atoms with van der Waals surface area (Å²) >= 11 is 0. The predicted molar refractivity (Wildman–Crippen MR) is 90.2 cm³/mol. The van der Waals surface area contributed by atoms with Gasteiger partial charge >= 0.3 is 12.2 Å². The van der Waals surface area contributed by atoms with E-state index in [1.54, 1.807) is 12.4 Å². The molecule has 1 aliphatic heterocycles. The number of nitrogens with zero attached hydrogens (tertiary/aromatic N) is 5. The monoisotopic (exact) mass is 381 g/mol. The fourth-order valence-electron chi connectivity index (χ4n) is 3.67. The number of urea groups is 1. The summed E-state index contributed by atoms with van der Waals surface area (Å²) < 4.78 is 39.0. The number of rotatable bonds is 3. The number of aromatic nitrogens is 5. The molecule has 1 aliphatic rings. The van der Waals surface area contributed by atoms with Crippen molar-refractivity contribution in [1.29, 1.82) is 0 Å². The Morgan fingerprint density at radius 3 is 2.93 bits per heavy atom. The number of nitrogens with one attached hydrogen (secondary N) is 2. The fraction of sp³-hybridized carbons (Fsp3) is 0.500. The molecule has 27 heavy (non-hydrogen) atoms. The molecule has 1 fully saturated rings. The summed E-state index contributed by atoms with van der Waals surface area (Å²) in [7, 11) is 0. The van der Waals surface area contributed by atoms with Gasteiger partial charge in [0, 0.05) is 25.2 Å². The Hall–Kier alpha value is -2.85. The smallest absolute Gasteiger partial charge is 0.345 e. The van der Waals surface area contributed by atoms with Crippen molar-refractivity contribution in [2.24, 2.45) is 5.92 Å². The van der Waals surface area contributed by atoms with E-state index in [0.717, 1.165) is 11.9 Å². The molecule has 2 atom stereocenters. The van der Waals surface area contributed by atoms with E-state index in [2.05, 4.69) is 20.2 Å². The van der Waals surface area contributed by atoms with Crippen molar-refractivity contribution < 1.29 is 18.0 Å². The second-order valence-corrected chi connectivity index (χ2v) is 6.68. The molecular formula is C16H18F3N7O. The molecule has 0 saturated carbocycles. The second kappa shape index (κ2) is 6.39. The molecule has 11 heteroatoms. The van der Waals surface area contributed by atoms with Crippen molar-refractivity contribution in [3.8, 4) is 0 Å². The SMILES string of the molecule is CCC1CN(C(=O)NCC(F)(F)F)CC1c1nnc2cnc3[nH]ccc3n12. The van der Waals surface area contributed by atoms with Crippen LogP contribution in [0.5, 0.6) is 0 Å². The lowest BCUT2D eigenvalue weighted by Crippen LogP contribution is -2.42. The number of H-pyrrole nitrogens is 1. The van der Waals surface area contributed by atoms with Crippen LogP contribution in [0.1, 0.15) is 25.1 Å². The minimum Gasteiger partial charge on any atom is -0.345 e. The lowest BCUT2D eigenvalue weighted by atomic mass is 9.93. The van der Waals surface area contributed by atoms with Gasteiger partial charge in [0.05, 0.1) is 11.7 Å². The third-order valence-electron chi connectivity index (χ3n) is 4.99. The number of likely N-dealkylation sites (tertiary alicyclic amines) is 1. The summed E-state index contributed by atoms with van der Waals surface area (Å²) in [6, 6.07) is 1.15. The van der Waals surface area contributed by atoms with Gasteiger partial charge in [0.1, 0.15) is 12.4 Å². The first-order chi connectivity index (χ1) is 12.9. The van der Waals surface area contributed by atoms with Crippen LogP contribution in [0.4, 0.5) is 18.0 Å². The molecular weight excluding hydrogens is 363 g/mol. The number of hydrogen-bond acceptors (Lipinski definition) is 4. The highest BCUT2D eigenvalue weighted by Crippen LogP contribution is 2.34. The predicted octanol–water partition coefficient (Wildman–Crippen LogP) is 2.30. The number of amides is 2. The Kier molecular flexibility index (Phi) is 4.16. The highest BCUT2D eigenvalue weighted by Gasteiger charge is 2.39. The summed E-state index contributed by atoms with van der Waals surface area (Å²) in [5.74, 6) is 0.647. The van der Waals surface area contributed by atoms with Gasteiger partial charge < -0.3 is 15.2 Å². The number of hydrogen-bond donors (Lipinski definition) is 2. The Morgan fingerprint density at radius 1 is 1.37 bits per heavy atom. The van der Waals surface area contributed by atoms with E-state index in [1.807, 2.05) is 22.7 Å². The zero-order valence-electron chi connectivity index (χ0n) is 14.5. The molecule has 0 radical (unpaired) electrons. The number of halogens is 3. The van der Waals surface area contributed by atoms with Gasteiger partial charge in [0.25, 0.3) is 0 Å². The summed E-state index contributed by atoms with van der Waals surface area (Å²) in [5.41, 5.74) is 2.10. The van der Waals surface area contributed by atoms with Crippen molar-refractivity contribution in [1.82, 2.24) is 34.8 Å². The van der Waals surface area contributed by atoms with Crippen LogP contribution >= 0.6 is 0 Å². The number of alkyl halides is 3. The van der Waals surface area contributed by atoms with E-state index in [1.165, 1.54) is 4.90 Å². The van der Waals surface area contributed by atoms with Gasteiger partial charge in [-0.3, -0.25) is 4.40 Å². The molecule has 0 aromatic carbocycles. The number of carbonyl (C=O) groups excluding carboxylic acids is 1. The van der Waals surface area contributed by atoms with Gasteiger partial charge in [0.15, 0.2) is 11.3 Å². The Bertz CT molecular complexity index is 979. The topological polar surface area (TPSA) is 91.2 Å². The van der Waals surface area contributed by atoms with Gasteiger partial charge in [-0.15, -0.1) is 10.2 Å². The molecule has 1 saturated heterocycles. The lowest BCUT2D eigenvalue weighted by molar-refractivity contribution is -0.123. The van der Waals surface area contributed by atoms with Crippen molar-refractivity contribution in [2.75, 3.05) is 19.6 Å². The fourth-order valence-corrected chi connectivity index (χ4v) is 3.67. The summed E-state index contributed by atoms with van der Waals surface area (Å²) in [4.78, 5) is 20.9. The molecule has 8 nitrogen and oxygen atoms in total. The van der Waals surface area contributed by atoms with E-state index in [0.29, 0.717) is 23.7 Å². The standard InChI is InChI=1S/C16H18F3N7O/c1-2-9-6-25(15(27)22-8-16(17,18)19)7-10(9)14-24-23-12-5-21-13-11(26(12)14)3-4-20-13/h3-5,9-10,20H,2,6-8H2,1H3,(H,22,27). The maximum absolute atomic E-state index is 12.4. The zero-order chi connectivity index (χ0) is 19.2. The van der Waals surface area contributed by atoms with Crippen LogP contribution in [0.15, 0.2) is 18.5 Å². The summed E-state index contributed by atoms with van der Waals surface area (Å²) in [6.07, 6.45) is -0.290. The van der Waals surface area contributed by atoms with Crippen LogP contribution < -0.4 is 5.32 Å². The Balaban J connectivity index is 1.63. The van der Waals surface area contributed by atoms with Gasteiger partial charge in [-0.1, -0.05) is 13.3 Å². The highest BCUT2D eigenvalue weighted by atomic mass is 19.4.